The fourth-order valence-electron chi connectivity index (χ4n) is 2.45. The summed E-state index contributed by atoms with van der Waals surface area (Å²) in [5.41, 5.74) is 4.37. The van der Waals surface area contributed by atoms with E-state index < -0.39 is 0 Å². The van der Waals surface area contributed by atoms with Crippen molar-refractivity contribution < 1.29 is 0 Å². The minimum Gasteiger partial charge on any atom is -0.371 e. The molecule has 3 nitrogen and oxygen atoms in total. The standard InChI is InChI=1S/C17H17N3/c1-11-12(2)17(18-3)20-19-16(11)15-9-8-13-6-4-5-7-14(13)10-15/h4-10H,1-3H3,(H,18,20). The molecule has 0 aliphatic rings. The fourth-order valence-corrected chi connectivity index (χ4v) is 2.45. The zero-order valence-corrected chi connectivity index (χ0v) is 11.9. The van der Waals surface area contributed by atoms with Crippen LogP contribution in [0.25, 0.3) is 22.0 Å². The zero-order valence-electron chi connectivity index (χ0n) is 11.9. The Balaban J connectivity index is 2.18. The van der Waals surface area contributed by atoms with Gasteiger partial charge < -0.3 is 5.32 Å². The Hall–Kier alpha value is -2.42. The van der Waals surface area contributed by atoms with Gasteiger partial charge in [0.15, 0.2) is 5.82 Å². The number of benzene rings is 2. The second kappa shape index (κ2) is 4.93. The molecule has 0 saturated carbocycles. The third-order valence-electron chi connectivity index (χ3n) is 3.78. The van der Waals surface area contributed by atoms with Crippen molar-refractivity contribution in [3.05, 3.63) is 53.6 Å². The minimum atomic E-state index is 0.840. The van der Waals surface area contributed by atoms with Crippen molar-refractivity contribution in [3.63, 3.8) is 0 Å². The van der Waals surface area contributed by atoms with Gasteiger partial charge in [0.2, 0.25) is 0 Å². The topological polar surface area (TPSA) is 37.8 Å². The lowest BCUT2D eigenvalue weighted by molar-refractivity contribution is 1.00. The first kappa shape index (κ1) is 12.6. The second-order valence-electron chi connectivity index (χ2n) is 4.96. The molecular weight excluding hydrogens is 246 g/mol. The van der Waals surface area contributed by atoms with Gasteiger partial charge in [0, 0.05) is 12.6 Å². The van der Waals surface area contributed by atoms with E-state index in [0.717, 1.165) is 22.6 Å². The molecule has 20 heavy (non-hydrogen) atoms. The van der Waals surface area contributed by atoms with Crippen molar-refractivity contribution in [2.45, 2.75) is 13.8 Å². The molecule has 0 unspecified atom stereocenters. The highest BCUT2D eigenvalue weighted by atomic mass is 15.2. The van der Waals surface area contributed by atoms with Gasteiger partial charge in [-0.05, 0) is 41.8 Å². The fraction of sp³-hybridized carbons (Fsp3) is 0.176. The molecule has 0 bridgehead atoms. The molecule has 0 radical (unpaired) electrons. The summed E-state index contributed by atoms with van der Waals surface area (Å²) in [5.74, 6) is 0.840. The van der Waals surface area contributed by atoms with Crippen LogP contribution < -0.4 is 5.32 Å². The minimum absolute atomic E-state index is 0.840. The van der Waals surface area contributed by atoms with Crippen LogP contribution in [0.15, 0.2) is 42.5 Å². The summed E-state index contributed by atoms with van der Waals surface area (Å²) in [7, 11) is 1.87. The zero-order chi connectivity index (χ0) is 14.1. The molecule has 0 saturated heterocycles. The third-order valence-corrected chi connectivity index (χ3v) is 3.78. The van der Waals surface area contributed by atoms with Crippen LogP contribution in [0, 0.1) is 13.8 Å². The van der Waals surface area contributed by atoms with E-state index in [4.69, 9.17) is 0 Å². The molecule has 1 heterocycles. The summed E-state index contributed by atoms with van der Waals surface area (Å²) >= 11 is 0. The van der Waals surface area contributed by atoms with E-state index >= 15 is 0 Å². The number of nitrogens with one attached hydrogen (secondary N) is 1. The second-order valence-corrected chi connectivity index (χ2v) is 4.96. The van der Waals surface area contributed by atoms with Crippen LogP contribution in [0.4, 0.5) is 5.82 Å². The molecule has 2 aromatic carbocycles. The number of nitrogens with zero attached hydrogens (tertiary/aromatic N) is 2. The maximum atomic E-state index is 4.37. The van der Waals surface area contributed by atoms with Crippen molar-refractivity contribution in [1.29, 1.82) is 0 Å². The predicted octanol–water partition coefficient (Wildman–Crippen LogP) is 3.96. The Morgan fingerprint density at radius 1 is 0.850 bits per heavy atom. The first-order valence-electron chi connectivity index (χ1n) is 6.71. The van der Waals surface area contributed by atoms with Crippen LogP contribution in [0.3, 0.4) is 0 Å². The van der Waals surface area contributed by atoms with E-state index in [9.17, 15) is 0 Å². The van der Waals surface area contributed by atoms with Gasteiger partial charge in [0.25, 0.3) is 0 Å². The first-order chi connectivity index (χ1) is 9.70. The van der Waals surface area contributed by atoms with Crippen LogP contribution in [-0.4, -0.2) is 17.2 Å². The molecular formula is C17H17N3. The normalized spacial score (nSPS) is 10.8. The van der Waals surface area contributed by atoms with Gasteiger partial charge in [-0.1, -0.05) is 36.4 Å². The molecule has 100 valence electrons. The molecule has 0 atom stereocenters. The van der Waals surface area contributed by atoms with E-state index in [2.05, 4.69) is 71.8 Å². The van der Waals surface area contributed by atoms with Crippen molar-refractivity contribution in [2.75, 3.05) is 12.4 Å². The van der Waals surface area contributed by atoms with E-state index in [1.807, 2.05) is 7.05 Å². The number of aromatic nitrogens is 2. The third kappa shape index (κ3) is 2.01. The average molecular weight is 263 g/mol. The van der Waals surface area contributed by atoms with Crippen molar-refractivity contribution in [2.24, 2.45) is 0 Å². The highest BCUT2D eigenvalue weighted by Gasteiger charge is 2.10. The molecule has 0 aliphatic carbocycles. The van der Waals surface area contributed by atoms with Gasteiger partial charge in [0.05, 0.1) is 5.69 Å². The maximum absolute atomic E-state index is 4.37. The molecule has 3 aromatic rings. The van der Waals surface area contributed by atoms with Gasteiger partial charge in [-0.15, -0.1) is 10.2 Å². The van der Waals surface area contributed by atoms with E-state index in [1.54, 1.807) is 0 Å². The van der Waals surface area contributed by atoms with Crippen LogP contribution in [-0.2, 0) is 0 Å². The van der Waals surface area contributed by atoms with Crippen LogP contribution in [0.1, 0.15) is 11.1 Å². The highest BCUT2D eigenvalue weighted by Crippen LogP contribution is 2.28. The van der Waals surface area contributed by atoms with Gasteiger partial charge in [-0.2, -0.15) is 0 Å². The van der Waals surface area contributed by atoms with Crippen molar-refractivity contribution in [3.8, 4) is 11.3 Å². The lowest BCUT2D eigenvalue weighted by Crippen LogP contribution is -2.02. The number of hydrogen-bond acceptors (Lipinski definition) is 3. The first-order valence-corrected chi connectivity index (χ1v) is 6.71. The molecule has 0 fully saturated rings. The Morgan fingerprint density at radius 2 is 1.60 bits per heavy atom. The number of fused-ring (bicyclic) bond motifs is 1. The van der Waals surface area contributed by atoms with Gasteiger partial charge >= 0.3 is 0 Å². The summed E-state index contributed by atoms with van der Waals surface area (Å²) in [5, 5.41) is 14.2. The number of anilines is 1. The Morgan fingerprint density at radius 3 is 2.35 bits per heavy atom. The van der Waals surface area contributed by atoms with Crippen LogP contribution in [0.5, 0.6) is 0 Å². The summed E-state index contributed by atoms with van der Waals surface area (Å²) in [4.78, 5) is 0. The maximum Gasteiger partial charge on any atom is 0.151 e. The highest BCUT2D eigenvalue weighted by molar-refractivity contribution is 5.87. The molecule has 1 aromatic heterocycles. The largest absolute Gasteiger partial charge is 0.371 e. The molecule has 1 N–H and O–H groups in total. The lowest BCUT2D eigenvalue weighted by atomic mass is 10.0. The van der Waals surface area contributed by atoms with Crippen LogP contribution in [0.2, 0.25) is 0 Å². The molecule has 0 aliphatic heterocycles. The summed E-state index contributed by atoms with van der Waals surface area (Å²) < 4.78 is 0. The molecule has 0 amide bonds. The van der Waals surface area contributed by atoms with Crippen molar-refractivity contribution in [1.82, 2.24) is 10.2 Å². The summed E-state index contributed by atoms with van der Waals surface area (Å²) in [6.45, 7) is 4.16. The Kier molecular flexibility index (Phi) is 3.11. The monoisotopic (exact) mass is 263 g/mol. The van der Waals surface area contributed by atoms with E-state index in [-0.39, 0.29) is 0 Å². The van der Waals surface area contributed by atoms with E-state index in [1.165, 1.54) is 16.3 Å². The Bertz CT molecular complexity index is 778. The predicted molar refractivity (Wildman–Crippen MR) is 84.0 cm³/mol. The smallest absolute Gasteiger partial charge is 0.151 e. The lowest BCUT2D eigenvalue weighted by Gasteiger charge is -2.11. The number of hydrogen-bond donors (Lipinski definition) is 1. The van der Waals surface area contributed by atoms with Crippen LogP contribution >= 0.6 is 0 Å². The summed E-state index contributed by atoms with van der Waals surface area (Å²) in [6, 6.07) is 14.8. The van der Waals surface area contributed by atoms with E-state index in [0.29, 0.717) is 0 Å². The molecule has 3 rings (SSSR count). The van der Waals surface area contributed by atoms with Gasteiger partial charge in [-0.25, -0.2) is 0 Å². The SMILES string of the molecule is CNc1nnc(-c2ccc3ccccc3c2)c(C)c1C. The van der Waals surface area contributed by atoms with Crippen molar-refractivity contribution >= 4 is 16.6 Å². The molecule has 3 heteroatoms. The van der Waals surface area contributed by atoms with Gasteiger partial charge in [0.1, 0.15) is 0 Å². The Labute approximate surface area is 118 Å². The van der Waals surface area contributed by atoms with Gasteiger partial charge in [-0.3, -0.25) is 0 Å². The average Bonchev–Trinajstić information content (AvgIpc) is 2.49. The molecule has 0 spiro atoms. The number of rotatable bonds is 2. The quantitative estimate of drug-likeness (QED) is 0.760. The summed E-state index contributed by atoms with van der Waals surface area (Å²) in [6.07, 6.45) is 0.